The largest absolute Gasteiger partial charge is 0.497 e. The highest BCUT2D eigenvalue weighted by Crippen LogP contribution is 2.37. The van der Waals surface area contributed by atoms with Crippen LogP contribution in [0, 0.1) is 5.92 Å². The van der Waals surface area contributed by atoms with Gasteiger partial charge in [0.1, 0.15) is 22.5 Å². The van der Waals surface area contributed by atoms with E-state index in [-0.39, 0.29) is 30.1 Å². The lowest BCUT2D eigenvalue weighted by molar-refractivity contribution is 0.0813. The van der Waals surface area contributed by atoms with Gasteiger partial charge in [0.15, 0.2) is 0 Å². The first kappa shape index (κ1) is 23.5. The minimum absolute atomic E-state index is 0.0696. The highest BCUT2D eigenvalue weighted by Gasteiger charge is 2.37. The summed E-state index contributed by atoms with van der Waals surface area (Å²) in [5.41, 5.74) is 1.74. The van der Waals surface area contributed by atoms with Crippen molar-refractivity contribution in [2.45, 2.75) is 30.9 Å². The van der Waals surface area contributed by atoms with E-state index in [0.717, 1.165) is 16.9 Å². The first-order valence-electron chi connectivity index (χ1n) is 10.4. The van der Waals surface area contributed by atoms with Gasteiger partial charge in [0.05, 0.1) is 13.7 Å². The van der Waals surface area contributed by atoms with Crippen LogP contribution in [0.3, 0.4) is 0 Å². The second kappa shape index (κ2) is 9.56. The van der Waals surface area contributed by atoms with E-state index in [0.29, 0.717) is 12.3 Å². The summed E-state index contributed by atoms with van der Waals surface area (Å²) >= 11 is 0. The number of hydrogen-bond acceptors (Lipinski definition) is 6. The Morgan fingerprint density at radius 1 is 1.23 bits per heavy atom. The molecular formula is C23H32N2O5S. The van der Waals surface area contributed by atoms with Crippen molar-refractivity contribution in [3.05, 3.63) is 42.5 Å². The van der Waals surface area contributed by atoms with Crippen LogP contribution in [0.1, 0.15) is 13.8 Å². The van der Waals surface area contributed by atoms with Crippen LogP contribution in [0.15, 0.2) is 47.4 Å². The van der Waals surface area contributed by atoms with E-state index in [1.165, 1.54) is 4.31 Å². The van der Waals surface area contributed by atoms with E-state index < -0.39 is 16.1 Å². The fourth-order valence-electron chi connectivity index (χ4n) is 3.79. The van der Waals surface area contributed by atoms with Gasteiger partial charge in [-0.25, -0.2) is 8.42 Å². The second-order valence-electron chi connectivity index (χ2n) is 8.40. The molecule has 170 valence electrons. The molecule has 0 saturated heterocycles. The highest BCUT2D eigenvalue weighted by molar-refractivity contribution is 7.89. The molecule has 8 heteroatoms. The van der Waals surface area contributed by atoms with E-state index in [1.807, 2.05) is 50.2 Å². The quantitative estimate of drug-likeness (QED) is 0.732. The molecule has 0 aromatic heterocycles. The molecule has 0 aliphatic carbocycles. The summed E-state index contributed by atoms with van der Waals surface area (Å²) in [5, 5.41) is 9.71. The standard InChI is InChI=1S/C23H32N2O5S/c1-16-13-25(17(2)15-26)31(27,28)23-10-9-19(18-7-6-8-20(11-18)29-5)12-21(23)30-22(16)14-24(3)4/h6-12,16-17,22,26H,13-15H2,1-5H3/t16-,17-,22+/m0/s1. The van der Waals surface area contributed by atoms with Crippen LogP contribution in [-0.4, -0.2) is 75.8 Å². The van der Waals surface area contributed by atoms with Crippen molar-refractivity contribution in [1.82, 2.24) is 9.21 Å². The van der Waals surface area contributed by atoms with E-state index in [9.17, 15) is 13.5 Å². The number of ether oxygens (including phenoxy) is 2. The minimum atomic E-state index is -3.84. The Balaban J connectivity index is 2.15. The fraction of sp³-hybridized carbons (Fsp3) is 0.478. The Bertz CT molecular complexity index is 1010. The molecule has 1 aliphatic heterocycles. The molecule has 1 N–H and O–H groups in total. The summed E-state index contributed by atoms with van der Waals surface area (Å²) in [7, 11) is 1.70. The number of likely N-dealkylation sites (N-methyl/N-ethyl adjacent to an activating group) is 1. The second-order valence-corrected chi connectivity index (χ2v) is 10.3. The van der Waals surface area contributed by atoms with Crippen molar-refractivity contribution in [2.24, 2.45) is 5.92 Å². The third kappa shape index (κ3) is 5.03. The van der Waals surface area contributed by atoms with Crippen LogP contribution in [0.4, 0.5) is 0 Å². The maximum absolute atomic E-state index is 13.5. The number of hydrogen-bond donors (Lipinski definition) is 1. The van der Waals surface area contributed by atoms with Crippen molar-refractivity contribution >= 4 is 10.0 Å². The first-order chi connectivity index (χ1) is 14.7. The zero-order valence-electron chi connectivity index (χ0n) is 18.8. The third-order valence-corrected chi connectivity index (χ3v) is 7.63. The summed E-state index contributed by atoms with van der Waals surface area (Å²) in [6, 6.07) is 12.2. The molecule has 31 heavy (non-hydrogen) atoms. The number of nitrogens with zero attached hydrogens (tertiary/aromatic N) is 2. The number of methoxy groups -OCH3 is 1. The van der Waals surface area contributed by atoms with Crippen molar-refractivity contribution < 1.29 is 23.0 Å². The van der Waals surface area contributed by atoms with Gasteiger partial charge in [-0.1, -0.05) is 25.1 Å². The van der Waals surface area contributed by atoms with Gasteiger partial charge < -0.3 is 19.5 Å². The average Bonchev–Trinajstić information content (AvgIpc) is 2.75. The molecule has 1 heterocycles. The van der Waals surface area contributed by atoms with Crippen LogP contribution in [0.2, 0.25) is 0 Å². The molecule has 0 amide bonds. The molecule has 0 unspecified atom stereocenters. The van der Waals surface area contributed by atoms with Gasteiger partial charge in [-0.3, -0.25) is 0 Å². The number of rotatable bonds is 6. The summed E-state index contributed by atoms with van der Waals surface area (Å²) < 4.78 is 40.1. The van der Waals surface area contributed by atoms with E-state index in [1.54, 1.807) is 32.2 Å². The highest BCUT2D eigenvalue weighted by atomic mass is 32.2. The summed E-state index contributed by atoms with van der Waals surface area (Å²) in [4.78, 5) is 2.15. The average molecular weight is 449 g/mol. The minimum Gasteiger partial charge on any atom is -0.497 e. The molecule has 3 rings (SSSR count). The van der Waals surface area contributed by atoms with E-state index >= 15 is 0 Å². The lowest BCUT2D eigenvalue weighted by atomic mass is 10.0. The molecule has 1 aliphatic rings. The van der Waals surface area contributed by atoms with Crippen LogP contribution >= 0.6 is 0 Å². The fourth-order valence-corrected chi connectivity index (χ4v) is 5.61. The van der Waals surface area contributed by atoms with Gasteiger partial charge in [0.25, 0.3) is 0 Å². The molecule has 0 radical (unpaired) electrons. The predicted octanol–water partition coefficient (Wildman–Crippen LogP) is 2.69. The Morgan fingerprint density at radius 3 is 2.58 bits per heavy atom. The zero-order valence-corrected chi connectivity index (χ0v) is 19.6. The lowest BCUT2D eigenvalue weighted by Gasteiger charge is -2.37. The Labute approximate surface area is 185 Å². The molecule has 2 aromatic rings. The van der Waals surface area contributed by atoms with Crippen LogP contribution in [-0.2, 0) is 10.0 Å². The van der Waals surface area contributed by atoms with Gasteiger partial charge in [0, 0.05) is 25.0 Å². The van der Waals surface area contributed by atoms with Gasteiger partial charge in [-0.05, 0) is 56.4 Å². The van der Waals surface area contributed by atoms with Gasteiger partial charge in [-0.15, -0.1) is 0 Å². The van der Waals surface area contributed by atoms with Crippen LogP contribution < -0.4 is 9.47 Å². The molecular weight excluding hydrogens is 416 g/mol. The molecule has 2 aromatic carbocycles. The summed E-state index contributed by atoms with van der Waals surface area (Å²) in [6.07, 6.45) is -0.210. The smallest absolute Gasteiger partial charge is 0.247 e. The Kier molecular flexibility index (Phi) is 7.26. The number of aliphatic hydroxyl groups excluding tert-OH is 1. The van der Waals surface area contributed by atoms with E-state index in [4.69, 9.17) is 9.47 Å². The predicted molar refractivity (Wildman–Crippen MR) is 121 cm³/mol. The Hall–Kier alpha value is -2.13. The molecule has 0 spiro atoms. The lowest BCUT2D eigenvalue weighted by Crippen LogP contribution is -2.49. The molecule has 0 saturated carbocycles. The molecule has 0 fully saturated rings. The Morgan fingerprint density at radius 2 is 1.94 bits per heavy atom. The number of aliphatic hydroxyl groups is 1. The topological polar surface area (TPSA) is 79.3 Å². The van der Waals surface area contributed by atoms with E-state index in [2.05, 4.69) is 0 Å². The molecule has 7 nitrogen and oxygen atoms in total. The van der Waals surface area contributed by atoms with Crippen molar-refractivity contribution in [3.8, 4) is 22.6 Å². The number of sulfonamides is 1. The number of benzene rings is 2. The summed E-state index contributed by atoms with van der Waals surface area (Å²) in [6.45, 7) is 4.38. The summed E-state index contributed by atoms with van der Waals surface area (Å²) in [5.74, 6) is 0.980. The monoisotopic (exact) mass is 448 g/mol. The van der Waals surface area contributed by atoms with Gasteiger partial charge in [0.2, 0.25) is 10.0 Å². The normalized spacial score (nSPS) is 22.2. The molecule has 0 bridgehead atoms. The molecule has 3 atom stereocenters. The van der Waals surface area contributed by atoms with Crippen LogP contribution in [0.25, 0.3) is 11.1 Å². The van der Waals surface area contributed by atoms with Crippen LogP contribution in [0.5, 0.6) is 11.5 Å². The van der Waals surface area contributed by atoms with Gasteiger partial charge >= 0.3 is 0 Å². The third-order valence-electron chi connectivity index (χ3n) is 5.62. The van der Waals surface area contributed by atoms with Crippen molar-refractivity contribution in [1.29, 1.82) is 0 Å². The SMILES string of the molecule is COc1cccc(-c2ccc3c(c2)O[C@H](CN(C)C)[C@@H](C)CN([C@@H](C)CO)S3(=O)=O)c1. The van der Waals surface area contributed by atoms with Gasteiger partial charge in [-0.2, -0.15) is 4.31 Å². The van der Waals surface area contributed by atoms with Crippen molar-refractivity contribution in [2.75, 3.05) is 40.9 Å². The maximum atomic E-state index is 13.5. The number of fused-ring (bicyclic) bond motifs is 1. The first-order valence-corrected chi connectivity index (χ1v) is 11.8. The zero-order chi connectivity index (χ0) is 22.8. The van der Waals surface area contributed by atoms with Crippen molar-refractivity contribution in [3.63, 3.8) is 0 Å². The maximum Gasteiger partial charge on any atom is 0.247 e.